The third-order valence-electron chi connectivity index (χ3n) is 3.57. The molecule has 0 aliphatic carbocycles. The molecule has 0 saturated carbocycles. The predicted octanol–water partition coefficient (Wildman–Crippen LogP) is 3.40. The third kappa shape index (κ3) is 3.40. The molecular weight excluding hydrogens is 386 g/mol. The summed E-state index contributed by atoms with van der Waals surface area (Å²) < 4.78 is 1.80. The lowest BCUT2D eigenvalue weighted by molar-refractivity contribution is -0.133. The fourth-order valence-electron chi connectivity index (χ4n) is 2.67. The standard InChI is InChI=1S/C14H19Br2N3O/c1-2-6-19-12(20)5-3-4-11(17)14(19)13-10(16)7-9(15)8-18-13/h7-8,11,14H,2-6,17H2,1H3. The molecule has 1 saturated heterocycles. The number of amides is 1. The zero-order valence-electron chi connectivity index (χ0n) is 11.5. The Kier molecular flexibility index (Phi) is 5.57. The van der Waals surface area contributed by atoms with Crippen LogP contribution < -0.4 is 5.73 Å². The predicted molar refractivity (Wildman–Crippen MR) is 86.2 cm³/mol. The number of aromatic nitrogens is 1. The fraction of sp³-hybridized carbons (Fsp3) is 0.571. The minimum absolute atomic E-state index is 0.0713. The maximum Gasteiger partial charge on any atom is 0.223 e. The Hall–Kier alpha value is -0.460. The van der Waals surface area contributed by atoms with Crippen LogP contribution in [0.2, 0.25) is 0 Å². The van der Waals surface area contributed by atoms with E-state index in [9.17, 15) is 4.79 Å². The molecule has 20 heavy (non-hydrogen) atoms. The zero-order valence-corrected chi connectivity index (χ0v) is 14.7. The van der Waals surface area contributed by atoms with Crippen molar-refractivity contribution in [2.75, 3.05) is 6.54 Å². The number of nitrogens with zero attached hydrogens (tertiary/aromatic N) is 2. The summed E-state index contributed by atoms with van der Waals surface area (Å²) in [6.45, 7) is 2.80. The lowest BCUT2D eigenvalue weighted by Gasteiger charge is -2.33. The highest BCUT2D eigenvalue weighted by Crippen LogP contribution is 2.34. The van der Waals surface area contributed by atoms with E-state index >= 15 is 0 Å². The first kappa shape index (κ1) is 15.9. The van der Waals surface area contributed by atoms with Crippen LogP contribution in [0.4, 0.5) is 0 Å². The molecule has 0 radical (unpaired) electrons. The summed E-state index contributed by atoms with van der Waals surface area (Å²) in [5.74, 6) is 0.182. The molecule has 2 heterocycles. The quantitative estimate of drug-likeness (QED) is 0.839. The van der Waals surface area contributed by atoms with Gasteiger partial charge in [-0.1, -0.05) is 6.92 Å². The van der Waals surface area contributed by atoms with E-state index < -0.39 is 0 Å². The normalized spacial score (nSPS) is 23.8. The van der Waals surface area contributed by atoms with E-state index in [-0.39, 0.29) is 18.0 Å². The van der Waals surface area contributed by atoms with Crippen LogP contribution in [0, 0.1) is 0 Å². The molecule has 2 N–H and O–H groups in total. The number of nitrogens with two attached hydrogens (primary N) is 1. The summed E-state index contributed by atoms with van der Waals surface area (Å²) in [5, 5.41) is 0. The van der Waals surface area contributed by atoms with Crippen LogP contribution >= 0.6 is 31.9 Å². The molecule has 1 aromatic rings. The Morgan fingerprint density at radius 1 is 1.50 bits per heavy atom. The average molecular weight is 405 g/mol. The van der Waals surface area contributed by atoms with Crippen molar-refractivity contribution in [2.24, 2.45) is 5.73 Å². The first-order valence-corrected chi connectivity index (χ1v) is 8.49. The van der Waals surface area contributed by atoms with Gasteiger partial charge in [0, 0.05) is 34.1 Å². The van der Waals surface area contributed by atoms with Crippen molar-refractivity contribution < 1.29 is 4.79 Å². The van der Waals surface area contributed by atoms with Crippen molar-refractivity contribution >= 4 is 37.8 Å². The number of hydrogen-bond donors (Lipinski definition) is 1. The molecule has 0 aromatic carbocycles. The molecule has 1 amide bonds. The molecule has 0 bridgehead atoms. The molecule has 1 aliphatic heterocycles. The molecule has 1 fully saturated rings. The van der Waals surface area contributed by atoms with E-state index in [1.54, 1.807) is 6.20 Å². The molecule has 4 nitrogen and oxygen atoms in total. The van der Waals surface area contributed by atoms with Crippen LogP contribution in [0.15, 0.2) is 21.2 Å². The molecule has 6 heteroatoms. The summed E-state index contributed by atoms with van der Waals surface area (Å²) in [6.07, 6.45) is 4.96. The van der Waals surface area contributed by atoms with E-state index in [0.717, 1.165) is 40.4 Å². The summed E-state index contributed by atoms with van der Waals surface area (Å²) in [5.41, 5.74) is 7.19. The number of carbonyl (C=O) groups excluding carboxylic acids is 1. The van der Waals surface area contributed by atoms with Crippen molar-refractivity contribution in [3.8, 4) is 0 Å². The number of hydrogen-bond acceptors (Lipinski definition) is 3. The molecule has 1 aliphatic rings. The fourth-order valence-corrected chi connectivity index (χ4v) is 3.90. The summed E-state index contributed by atoms with van der Waals surface area (Å²) in [7, 11) is 0. The molecule has 2 atom stereocenters. The van der Waals surface area contributed by atoms with E-state index in [2.05, 4.69) is 43.8 Å². The van der Waals surface area contributed by atoms with Crippen LogP contribution in [0.25, 0.3) is 0 Å². The first-order chi connectivity index (χ1) is 9.54. The number of likely N-dealkylation sites (tertiary alicyclic amines) is 1. The largest absolute Gasteiger partial charge is 0.332 e. The Labute approximate surface area is 136 Å². The molecule has 110 valence electrons. The number of halogens is 2. The molecule has 0 spiro atoms. The van der Waals surface area contributed by atoms with E-state index in [1.807, 2.05) is 11.0 Å². The lowest BCUT2D eigenvalue weighted by atomic mass is 10.0. The van der Waals surface area contributed by atoms with Gasteiger partial charge in [-0.15, -0.1) is 0 Å². The number of rotatable bonds is 3. The molecule has 1 aromatic heterocycles. The van der Waals surface area contributed by atoms with Crippen LogP contribution in [0.1, 0.15) is 44.3 Å². The van der Waals surface area contributed by atoms with Gasteiger partial charge >= 0.3 is 0 Å². The molecular formula is C14H19Br2N3O. The lowest BCUT2D eigenvalue weighted by Crippen LogP contribution is -2.43. The van der Waals surface area contributed by atoms with Crippen molar-refractivity contribution in [1.29, 1.82) is 0 Å². The van der Waals surface area contributed by atoms with Crippen LogP contribution in [-0.4, -0.2) is 28.4 Å². The van der Waals surface area contributed by atoms with Gasteiger partial charge in [-0.05, 0) is 57.2 Å². The van der Waals surface area contributed by atoms with E-state index in [4.69, 9.17) is 5.73 Å². The minimum Gasteiger partial charge on any atom is -0.332 e. The van der Waals surface area contributed by atoms with Gasteiger partial charge in [0.1, 0.15) is 0 Å². The summed E-state index contributed by atoms with van der Waals surface area (Å²) in [4.78, 5) is 18.7. The Morgan fingerprint density at radius 3 is 2.90 bits per heavy atom. The number of pyridine rings is 1. The highest BCUT2D eigenvalue weighted by Gasteiger charge is 2.34. The van der Waals surface area contributed by atoms with Gasteiger partial charge in [-0.3, -0.25) is 9.78 Å². The smallest absolute Gasteiger partial charge is 0.223 e. The molecule has 2 unspecified atom stereocenters. The summed E-state index contributed by atoms with van der Waals surface area (Å²) in [6, 6.07) is 1.74. The van der Waals surface area contributed by atoms with Gasteiger partial charge in [0.25, 0.3) is 0 Å². The maximum atomic E-state index is 12.3. The van der Waals surface area contributed by atoms with Crippen molar-refractivity contribution in [3.63, 3.8) is 0 Å². The van der Waals surface area contributed by atoms with Crippen molar-refractivity contribution in [3.05, 3.63) is 26.9 Å². The summed E-state index contributed by atoms with van der Waals surface area (Å²) >= 11 is 6.95. The highest BCUT2D eigenvalue weighted by atomic mass is 79.9. The second kappa shape index (κ2) is 7.00. The zero-order chi connectivity index (χ0) is 14.7. The second-order valence-electron chi connectivity index (χ2n) is 5.11. The van der Waals surface area contributed by atoms with Gasteiger partial charge in [-0.2, -0.15) is 0 Å². The van der Waals surface area contributed by atoms with Gasteiger partial charge in [0.05, 0.1) is 11.7 Å². The van der Waals surface area contributed by atoms with Gasteiger partial charge in [0.2, 0.25) is 5.91 Å². The Bertz CT molecular complexity index is 495. The van der Waals surface area contributed by atoms with E-state index in [0.29, 0.717) is 6.42 Å². The van der Waals surface area contributed by atoms with Gasteiger partial charge in [-0.25, -0.2) is 0 Å². The third-order valence-corrected chi connectivity index (χ3v) is 4.64. The van der Waals surface area contributed by atoms with Crippen LogP contribution in [0.5, 0.6) is 0 Å². The van der Waals surface area contributed by atoms with Gasteiger partial charge < -0.3 is 10.6 Å². The maximum absolute atomic E-state index is 12.3. The first-order valence-electron chi connectivity index (χ1n) is 6.90. The topological polar surface area (TPSA) is 59.2 Å². The van der Waals surface area contributed by atoms with Gasteiger partial charge in [0.15, 0.2) is 0 Å². The monoisotopic (exact) mass is 403 g/mol. The van der Waals surface area contributed by atoms with Crippen molar-refractivity contribution in [2.45, 2.75) is 44.7 Å². The Morgan fingerprint density at radius 2 is 2.25 bits per heavy atom. The van der Waals surface area contributed by atoms with E-state index in [1.165, 1.54) is 0 Å². The highest BCUT2D eigenvalue weighted by molar-refractivity contribution is 9.11. The minimum atomic E-state index is -0.146. The SMILES string of the molecule is CCCN1C(=O)CCCC(N)C1c1ncc(Br)cc1Br. The van der Waals surface area contributed by atoms with Crippen LogP contribution in [0.3, 0.4) is 0 Å². The Balaban J connectivity index is 2.42. The number of carbonyl (C=O) groups is 1. The average Bonchev–Trinajstić information content (AvgIpc) is 2.52. The molecule has 2 rings (SSSR count). The second-order valence-corrected chi connectivity index (χ2v) is 6.88. The van der Waals surface area contributed by atoms with Crippen LogP contribution in [-0.2, 0) is 4.79 Å². The van der Waals surface area contributed by atoms with Crippen molar-refractivity contribution in [1.82, 2.24) is 9.88 Å².